The molecule has 0 spiro atoms. The summed E-state index contributed by atoms with van der Waals surface area (Å²) in [6.45, 7) is 8.10. The number of morpholine rings is 1. The molecule has 0 radical (unpaired) electrons. The molecule has 1 aliphatic rings. The second-order valence-electron chi connectivity index (χ2n) is 5.59. The predicted octanol–water partition coefficient (Wildman–Crippen LogP) is 1.73. The third-order valence-corrected chi connectivity index (χ3v) is 3.76. The van der Waals surface area contributed by atoms with Crippen LogP contribution in [0.25, 0.3) is 0 Å². The van der Waals surface area contributed by atoms with E-state index in [2.05, 4.69) is 15.4 Å². The molecular weight excluding hydrogens is 334 g/mol. The lowest BCUT2D eigenvalue weighted by atomic mass is 10.2. The van der Waals surface area contributed by atoms with Crippen LogP contribution in [0.5, 0.6) is 0 Å². The minimum Gasteiger partial charge on any atom is -0.378 e. The van der Waals surface area contributed by atoms with Gasteiger partial charge in [-0.2, -0.15) is 5.10 Å². The van der Waals surface area contributed by atoms with Gasteiger partial charge in [0.2, 0.25) is 0 Å². The lowest BCUT2D eigenvalue weighted by Gasteiger charge is -2.26. The predicted molar refractivity (Wildman–Crippen MR) is 99.8 cm³/mol. The average Bonchev–Trinajstić information content (AvgIpc) is 2.68. The molecule has 1 fully saturated rings. The van der Waals surface area contributed by atoms with Gasteiger partial charge in [0, 0.05) is 26.3 Å². The summed E-state index contributed by atoms with van der Waals surface area (Å²) < 4.78 is 6.52. The molecule has 8 nitrogen and oxygen atoms in total. The molecule has 2 aromatic heterocycles. The Kier molecular flexibility index (Phi) is 6.85. The van der Waals surface area contributed by atoms with Crippen molar-refractivity contribution in [3.63, 3.8) is 0 Å². The summed E-state index contributed by atoms with van der Waals surface area (Å²) in [6.07, 6.45) is 1.51. The Balaban J connectivity index is 0.00000117. The minimum absolute atomic E-state index is 0.0620. The molecule has 1 N–H and O–H groups in total. The van der Waals surface area contributed by atoms with Crippen molar-refractivity contribution in [2.24, 2.45) is 7.05 Å². The normalized spacial score (nSPS) is 13.6. The van der Waals surface area contributed by atoms with Gasteiger partial charge in [-0.05, 0) is 25.1 Å². The Morgan fingerprint density at radius 3 is 2.54 bits per heavy atom. The highest BCUT2D eigenvalue weighted by Crippen LogP contribution is 2.13. The number of aryl methyl sites for hydroxylation is 2. The number of carbonyl (C=O) groups excluding carboxylic acids is 1. The first-order chi connectivity index (χ1) is 12.5. The molecule has 26 heavy (non-hydrogen) atoms. The smallest absolute Gasteiger partial charge is 0.290 e. The molecule has 0 aliphatic carbocycles. The van der Waals surface area contributed by atoms with Gasteiger partial charge < -0.3 is 15.0 Å². The topological polar surface area (TPSA) is 89.4 Å². The standard InChI is InChI=1S/C16H19N5O3.C2H6/c1-11-9-13(16(23)20(2)19-11)18-14-4-3-12(10-17-14)15(22)21-5-7-24-8-6-21;1-2/h3-4,9-10H,5-8H2,1-2H3,(H,17,18);1-2H3. The molecule has 1 saturated heterocycles. The van der Waals surface area contributed by atoms with Crippen LogP contribution >= 0.6 is 0 Å². The van der Waals surface area contributed by atoms with Crippen molar-refractivity contribution in [1.29, 1.82) is 0 Å². The monoisotopic (exact) mass is 359 g/mol. The number of nitrogens with one attached hydrogen (secondary N) is 1. The van der Waals surface area contributed by atoms with Gasteiger partial charge in [-0.15, -0.1) is 0 Å². The highest BCUT2D eigenvalue weighted by Gasteiger charge is 2.18. The van der Waals surface area contributed by atoms with Gasteiger partial charge in [0.05, 0.1) is 24.5 Å². The quantitative estimate of drug-likeness (QED) is 0.898. The SMILES string of the molecule is CC.Cc1cc(Nc2ccc(C(=O)N3CCOCC3)cn2)c(=O)n(C)n1. The zero-order valence-electron chi connectivity index (χ0n) is 15.7. The number of carbonyl (C=O) groups is 1. The Labute approximate surface area is 152 Å². The number of hydrogen-bond acceptors (Lipinski definition) is 6. The Morgan fingerprint density at radius 2 is 1.92 bits per heavy atom. The second-order valence-corrected chi connectivity index (χ2v) is 5.59. The van der Waals surface area contributed by atoms with E-state index in [1.165, 1.54) is 10.9 Å². The summed E-state index contributed by atoms with van der Waals surface area (Å²) in [6, 6.07) is 5.05. The summed E-state index contributed by atoms with van der Waals surface area (Å²) in [4.78, 5) is 30.4. The van der Waals surface area contributed by atoms with E-state index >= 15 is 0 Å². The largest absolute Gasteiger partial charge is 0.378 e. The van der Waals surface area contributed by atoms with Crippen LogP contribution in [0.2, 0.25) is 0 Å². The van der Waals surface area contributed by atoms with E-state index in [1.54, 1.807) is 30.1 Å². The van der Waals surface area contributed by atoms with Gasteiger partial charge in [0.15, 0.2) is 0 Å². The number of rotatable bonds is 3. The number of nitrogens with zero attached hydrogens (tertiary/aromatic N) is 4. The number of ether oxygens (including phenoxy) is 1. The van der Waals surface area contributed by atoms with E-state index in [-0.39, 0.29) is 11.5 Å². The summed E-state index contributed by atoms with van der Waals surface area (Å²) in [5.74, 6) is 0.434. The zero-order valence-corrected chi connectivity index (χ0v) is 15.7. The molecule has 0 unspecified atom stereocenters. The molecular formula is C18H25N5O3. The van der Waals surface area contributed by atoms with Gasteiger partial charge in [0.1, 0.15) is 11.5 Å². The van der Waals surface area contributed by atoms with E-state index in [0.29, 0.717) is 43.4 Å². The number of anilines is 2. The second kappa shape index (κ2) is 9.10. The van der Waals surface area contributed by atoms with Gasteiger partial charge in [-0.1, -0.05) is 13.8 Å². The lowest BCUT2D eigenvalue weighted by molar-refractivity contribution is 0.0302. The first kappa shape index (κ1) is 19.6. The van der Waals surface area contributed by atoms with Gasteiger partial charge in [-0.3, -0.25) is 9.59 Å². The fourth-order valence-electron chi connectivity index (χ4n) is 2.53. The molecule has 3 heterocycles. The molecule has 0 atom stereocenters. The van der Waals surface area contributed by atoms with E-state index < -0.39 is 0 Å². The molecule has 0 aromatic carbocycles. The molecule has 2 aromatic rings. The van der Waals surface area contributed by atoms with Crippen molar-refractivity contribution in [2.75, 3.05) is 31.6 Å². The summed E-state index contributed by atoms with van der Waals surface area (Å²) in [5, 5.41) is 7.02. The number of aromatic nitrogens is 3. The molecule has 1 aliphatic heterocycles. The Morgan fingerprint density at radius 1 is 1.23 bits per heavy atom. The van der Waals surface area contributed by atoms with Gasteiger partial charge in [-0.25, -0.2) is 9.67 Å². The fraction of sp³-hybridized carbons (Fsp3) is 0.444. The summed E-state index contributed by atoms with van der Waals surface area (Å²) >= 11 is 0. The third-order valence-electron chi connectivity index (χ3n) is 3.76. The van der Waals surface area contributed by atoms with Crippen molar-refractivity contribution in [3.8, 4) is 0 Å². The molecule has 1 amide bonds. The maximum atomic E-state index is 12.4. The first-order valence-corrected chi connectivity index (χ1v) is 8.69. The molecule has 8 heteroatoms. The average molecular weight is 359 g/mol. The minimum atomic E-state index is -0.240. The fourth-order valence-corrected chi connectivity index (χ4v) is 2.53. The number of pyridine rings is 1. The van der Waals surface area contributed by atoms with Crippen LogP contribution in [0.1, 0.15) is 29.9 Å². The van der Waals surface area contributed by atoms with Crippen LogP contribution in [0.4, 0.5) is 11.5 Å². The van der Waals surface area contributed by atoms with Crippen LogP contribution in [0.3, 0.4) is 0 Å². The summed E-state index contributed by atoms with van der Waals surface area (Å²) in [7, 11) is 1.60. The Hall–Kier alpha value is -2.74. The van der Waals surface area contributed by atoms with Crippen LogP contribution in [-0.2, 0) is 11.8 Å². The van der Waals surface area contributed by atoms with E-state index in [9.17, 15) is 9.59 Å². The third kappa shape index (κ3) is 4.66. The molecule has 0 bridgehead atoms. The molecule has 3 rings (SSSR count). The van der Waals surface area contributed by atoms with E-state index in [4.69, 9.17) is 4.74 Å². The molecule has 140 valence electrons. The maximum absolute atomic E-state index is 12.4. The van der Waals surface area contributed by atoms with E-state index in [0.717, 1.165) is 5.69 Å². The molecule has 0 saturated carbocycles. The maximum Gasteiger partial charge on any atom is 0.290 e. The number of amides is 1. The van der Waals surface area contributed by atoms with Crippen molar-refractivity contribution in [1.82, 2.24) is 19.7 Å². The van der Waals surface area contributed by atoms with Crippen LogP contribution in [0, 0.1) is 6.92 Å². The van der Waals surface area contributed by atoms with Gasteiger partial charge >= 0.3 is 0 Å². The van der Waals surface area contributed by atoms with Gasteiger partial charge in [0.25, 0.3) is 11.5 Å². The van der Waals surface area contributed by atoms with Crippen LogP contribution in [0.15, 0.2) is 29.2 Å². The van der Waals surface area contributed by atoms with Crippen LogP contribution in [-0.4, -0.2) is 51.9 Å². The highest BCUT2D eigenvalue weighted by molar-refractivity contribution is 5.94. The Bertz CT molecular complexity index is 795. The van der Waals surface area contributed by atoms with Crippen molar-refractivity contribution >= 4 is 17.4 Å². The van der Waals surface area contributed by atoms with Crippen molar-refractivity contribution < 1.29 is 9.53 Å². The lowest BCUT2D eigenvalue weighted by Crippen LogP contribution is -2.40. The van der Waals surface area contributed by atoms with Crippen LogP contribution < -0.4 is 10.9 Å². The van der Waals surface area contributed by atoms with Crippen molar-refractivity contribution in [2.45, 2.75) is 20.8 Å². The first-order valence-electron chi connectivity index (χ1n) is 8.69. The number of hydrogen-bond donors (Lipinski definition) is 1. The summed E-state index contributed by atoms with van der Waals surface area (Å²) in [5.41, 5.74) is 1.39. The zero-order chi connectivity index (χ0) is 19.1. The van der Waals surface area contributed by atoms with Crippen molar-refractivity contribution in [3.05, 3.63) is 46.0 Å². The highest BCUT2D eigenvalue weighted by atomic mass is 16.5. The van der Waals surface area contributed by atoms with E-state index in [1.807, 2.05) is 20.8 Å².